The number of hydrogen-bond donors (Lipinski definition) is 1. The number of nitrogens with zero attached hydrogens (tertiary/aromatic N) is 1. The van der Waals surface area contributed by atoms with Crippen LogP contribution in [0, 0.1) is 0 Å². The summed E-state index contributed by atoms with van der Waals surface area (Å²) in [6.45, 7) is 8.47. The van der Waals surface area contributed by atoms with Gasteiger partial charge in [0.05, 0.1) is 33.0 Å². The Bertz CT molecular complexity index is 998. The summed E-state index contributed by atoms with van der Waals surface area (Å²) in [5.41, 5.74) is 8.48. The van der Waals surface area contributed by atoms with E-state index in [1.165, 1.54) is 11.1 Å². The molecule has 2 aromatic carbocycles. The van der Waals surface area contributed by atoms with E-state index in [1.807, 2.05) is 24.3 Å². The van der Waals surface area contributed by atoms with Gasteiger partial charge in [-0.25, -0.2) is 0 Å². The normalized spacial score (nSPS) is 15.7. The van der Waals surface area contributed by atoms with Crippen LogP contribution in [0.5, 0.6) is 11.5 Å². The standard InChI is InChI=1S/C19H30O5.C9H8N2O2/c1-3-5-7-20-8-9-21-10-11-22-14-17-13-19-18(23-15-24-19)12-16(17)6-4-2;10-9-11-8(12)7(13-9)6-4-2-1-3-5-6/h12-13H,3-11,14-15H2,1-2H3;1-5,7H,(H2,10,11,12). The predicted molar refractivity (Wildman–Crippen MR) is 140 cm³/mol. The van der Waals surface area contributed by atoms with Crippen LogP contribution in [0.25, 0.3) is 0 Å². The van der Waals surface area contributed by atoms with Gasteiger partial charge in [-0.15, -0.1) is 0 Å². The third-order valence-corrected chi connectivity index (χ3v) is 5.64. The number of amidine groups is 1. The van der Waals surface area contributed by atoms with E-state index in [1.54, 1.807) is 12.1 Å². The van der Waals surface area contributed by atoms with Crippen LogP contribution in [-0.4, -0.2) is 51.8 Å². The van der Waals surface area contributed by atoms with Crippen LogP contribution in [0.1, 0.15) is 55.9 Å². The van der Waals surface area contributed by atoms with Gasteiger partial charge in [0.15, 0.2) is 11.5 Å². The van der Waals surface area contributed by atoms with Crippen LogP contribution >= 0.6 is 0 Å². The lowest BCUT2D eigenvalue weighted by molar-refractivity contribution is -0.122. The zero-order valence-electron chi connectivity index (χ0n) is 21.8. The van der Waals surface area contributed by atoms with Crippen LogP contribution in [0.3, 0.4) is 0 Å². The molecule has 0 fully saturated rings. The fourth-order valence-corrected chi connectivity index (χ4v) is 3.73. The first-order valence-electron chi connectivity index (χ1n) is 12.9. The molecule has 2 heterocycles. The molecular formula is C28H38N2O7. The largest absolute Gasteiger partial charge is 0.454 e. The van der Waals surface area contributed by atoms with Gasteiger partial charge in [0.1, 0.15) is 0 Å². The molecule has 2 aromatic rings. The second-order valence-corrected chi connectivity index (χ2v) is 8.55. The summed E-state index contributed by atoms with van der Waals surface area (Å²) in [6, 6.07) is 13.2. The molecule has 9 heteroatoms. The summed E-state index contributed by atoms with van der Waals surface area (Å²) in [7, 11) is 0. The molecule has 2 N–H and O–H groups in total. The highest BCUT2D eigenvalue weighted by atomic mass is 16.7. The molecule has 2 aliphatic rings. The van der Waals surface area contributed by atoms with Crippen molar-refractivity contribution in [2.45, 2.75) is 52.2 Å². The number of nitrogens with two attached hydrogens (primary N) is 1. The third kappa shape index (κ3) is 9.35. The number of benzene rings is 2. The van der Waals surface area contributed by atoms with E-state index in [4.69, 9.17) is 34.2 Å². The van der Waals surface area contributed by atoms with Crippen molar-refractivity contribution in [2.75, 3.05) is 39.8 Å². The second-order valence-electron chi connectivity index (χ2n) is 8.55. The van der Waals surface area contributed by atoms with Crippen molar-refractivity contribution in [3.8, 4) is 11.5 Å². The minimum Gasteiger partial charge on any atom is -0.454 e. The number of carbonyl (C=O) groups is 1. The summed E-state index contributed by atoms with van der Waals surface area (Å²) in [4.78, 5) is 14.7. The molecule has 1 atom stereocenters. The first kappa shape index (κ1) is 28.4. The Morgan fingerprint density at radius 2 is 1.54 bits per heavy atom. The number of amides is 1. The molecule has 4 rings (SSSR count). The molecule has 0 bridgehead atoms. The lowest BCUT2D eigenvalue weighted by atomic mass is 10.0. The van der Waals surface area contributed by atoms with Crippen LogP contribution < -0.4 is 15.2 Å². The van der Waals surface area contributed by atoms with E-state index < -0.39 is 6.10 Å². The van der Waals surface area contributed by atoms with Crippen LogP contribution in [0.15, 0.2) is 47.5 Å². The van der Waals surface area contributed by atoms with E-state index in [0.717, 1.165) is 49.4 Å². The maximum absolute atomic E-state index is 11.2. The van der Waals surface area contributed by atoms with Crippen molar-refractivity contribution in [3.05, 3.63) is 59.2 Å². The fraction of sp³-hybridized carbons (Fsp3) is 0.500. The van der Waals surface area contributed by atoms with Crippen molar-refractivity contribution in [1.29, 1.82) is 0 Å². The Hall–Kier alpha value is -3.14. The summed E-state index contributed by atoms with van der Waals surface area (Å²) < 4.78 is 32.6. The smallest absolute Gasteiger partial charge is 0.296 e. The fourth-order valence-electron chi connectivity index (χ4n) is 3.73. The molecule has 9 nitrogen and oxygen atoms in total. The minimum atomic E-state index is -0.652. The molecule has 1 unspecified atom stereocenters. The first-order valence-corrected chi connectivity index (χ1v) is 12.9. The van der Waals surface area contributed by atoms with Crippen molar-refractivity contribution in [3.63, 3.8) is 0 Å². The number of hydrogen-bond acceptors (Lipinski definition) is 8. The summed E-state index contributed by atoms with van der Waals surface area (Å²) in [5, 5.41) is 0. The zero-order chi connectivity index (χ0) is 26.3. The number of aryl methyl sites for hydroxylation is 1. The first-order chi connectivity index (χ1) is 18.1. The van der Waals surface area contributed by atoms with Gasteiger partial charge in [-0.2, -0.15) is 4.99 Å². The van der Waals surface area contributed by atoms with E-state index >= 15 is 0 Å². The molecule has 0 aliphatic carbocycles. The quantitative estimate of drug-likeness (QED) is 0.371. The summed E-state index contributed by atoms with van der Waals surface area (Å²) >= 11 is 0. The molecule has 0 radical (unpaired) electrons. The van der Waals surface area contributed by atoms with Gasteiger partial charge in [-0.3, -0.25) is 4.79 Å². The van der Waals surface area contributed by atoms with Gasteiger partial charge in [-0.05, 0) is 36.1 Å². The third-order valence-electron chi connectivity index (χ3n) is 5.64. The Morgan fingerprint density at radius 3 is 2.16 bits per heavy atom. The highest BCUT2D eigenvalue weighted by Gasteiger charge is 2.28. The second kappa shape index (κ2) is 15.9. The number of unbranched alkanes of at least 4 members (excludes halogenated alkanes) is 1. The highest BCUT2D eigenvalue weighted by Crippen LogP contribution is 2.35. The topological polar surface area (TPSA) is 111 Å². The SMILES string of the molecule is CCCCOCCOCCOCc1cc2c(cc1CCC)OCO2.NC1=NC(=O)C(c2ccccc2)O1. The van der Waals surface area contributed by atoms with Crippen LogP contribution in [-0.2, 0) is 36.8 Å². The number of aliphatic imine (C=N–C) groups is 1. The maximum Gasteiger partial charge on any atom is 0.296 e. The van der Waals surface area contributed by atoms with E-state index in [2.05, 4.69) is 24.9 Å². The number of ether oxygens (including phenoxy) is 6. The molecule has 0 spiro atoms. The van der Waals surface area contributed by atoms with Gasteiger partial charge in [0.25, 0.3) is 11.9 Å². The van der Waals surface area contributed by atoms with E-state index in [-0.39, 0.29) is 11.9 Å². The average molecular weight is 515 g/mol. The number of carbonyl (C=O) groups excluding carboxylic acids is 1. The van der Waals surface area contributed by atoms with Crippen LogP contribution in [0.4, 0.5) is 0 Å². The lowest BCUT2D eigenvalue weighted by Gasteiger charge is -2.11. The zero-order valence-corrected chi connectivity index (χ0v) is 21.8. The van der Waals surface area contributed by atoms with Crippen molar-refractivity contribution in [1.82, 2.24) is 0 Å². The predicted octanol–water partition coefficient (Wildman–Crippen LogP) is 4.32. The minimum absolute atomic E-state index is 0.0566. The molecule has 2 aliphatic heterocycles. The highest BCUT2D eigenvalue weighted by molar-refractivity contribution is 5.98. The van der Waals surface area contributed by atoms with Gasteiger partial charge < -0.3 is 34.2 Å². The average Bonchev–Trinajstić information content (AvgIpc) is 3.51. The van der Waals surface area contributed by atoms with Crippen molar-refractivity contribution in [2.24, 2.45) is 10.7 Å². The Labute approximate surface area is 218 Å². The van der Waals surface area contributed by atoms with Crippen molar-refractivity contribution >= 4 is 11.9 Å². The molecule has 202 valence electrons. The van der Waals surface area contributed by atoms with E-state index in [9.17, 15) is 4.79 Å². The molecule has 0 aromatic heterocycles. The summed E-state index contributed by atoms with van der Waals surface area (Å²) in [5.74, 6) is 1.31. The van der Waals surface area contributed by atoms with E-state index in [0.29, 0.717) is 39.8 Å². The monoisotopic (exact) mass is 514 g/mol. The van der Waals surface area contributed by atoms with Gasteiger partial charge >= 0.3 is 0 Å². The Kier molecular flexibility index (Phi) is 12.2. The molecule has 1 amide bonds. The van der Waals surface area contributed by atoms with Gasteiger partial charge in [0, 0.05) is 12.2 Å². The van der Waals surface area contributed by atoms with Crippen LogP contribution in [0.2, 0.25) is 0 Å². The van der Waals surface area contributed by atoms with Gasteiger partial charge in [-0.1, -0.05) is 57.0 Å². The Balaban J connectivity index is 0.000000244. The summed E-state index contributed by atoms with van der Waals surface area (Å²) in [6.07, 6.45) is 3.73. The van der Waals surface area contributed by atoms with Gasteiger partial charge in [0.2, 0.25) is 12.9 Å². The van der Waals surface area contributed by atoms with Crippen molar-refractivity contribution < 1.29 is 33.2 Å². The lowest BCUT2D eigenvalue weighted by Crippen LogP contribution is -2.13. The molecular weight excluding hydrogens is 476 g/mol. The number of rotatable bonds is 14. The molecule has 0 saturated heterocycles. The molecule has 0 saturated carbocycles. The maximum atomic E-state index is 11.2. The molecule has 37 heavy (non-hydrogen) atoms. The Morgan fingerprint density at radius 1 is 0.892 bits per heavy atom. The number of fused-ring (bicyclic) bond motifs is 1.